The summed E-state index contributed by atoms with van der Waals surface area (Å²) in [6, 6.07) is 3.51. The number of hydrogen-bond acceptors (Lipinski definition) is 3. The molecule has 0 radical (unpaired) electrons. The monoisotopic (exact) mass is 297 g/mol. The molecule has 0 aliphatic carbocycles. The van der Waals surface area contributed by atoms with Crippen molar-refractivity contribution in [2.45, 2.75) is 45.3 Å². The third-order valence-corrected chi connectivity index (χ3v) is 3.83. The van der Waals surface area contributed by atoms with Crippen LogP contribution >= 0.6 is 11.6 Å². The molecule has 1 aliphatic heterocycles. The summed E-state index contributed by atoms with van der Waals surface area (Å²) in [5, 5.41) is 13.4. The number of aliphatic hydroxyl groups is 1. The fraction of sp³-hybridized carbons (Fsp3) is 0.533. The Morgan fingerprint density at radius 1 is 1.55 bits per heavy atom. The first-order valence-corrected chi connectivity index (χ1v) is 7.38. The van der Waals surface area contributed by atoms with Crippen molar-refractivity contribution in [1.82, 2.24) is 5.32 Å². The van der Waals surface area contributed by atoms with Gasteiger partial charge in [0.2, 0.25) is 5.91 Å². The number of carbonyl (C=O) groups excluding carboxylic acids is 1. The lowest BCUT2D eigenvalue weighted by Gasteiger charge is -2.28. The zero-order valence-electron chi connectivity index (χ0n) is 11.8. The number of nitrogens with one attached hydrogen (secondary N) is 1. The predicted molar refractivity (Wildman–Crippen MR) is 78.0 cm³/mol. The molecule has 2 atom stereocenters. The van der Waals surface area contributed by atoms with Gasteiger partial charge in [-0.2, -0.15) is 0 Å². The van der Waals surface area contributed by atoms with Crippen LogP contribution < -0.4 is 10.1 Å². The van der Waals surface area contributed by atoms with E-state index >= 15 is 0 Å². The minimum atomic E-state index is -0.553. The SMILES string of the molecule is CCC(=O)NC1CCOc2c(Cl)cc(C(O)CC)cc21. The zero-order chi connectivity index (χ0) is 14.7. The second-order valence-corrected chi connectivity index (χ2v) is 5.36. The van der Waals surface area contributed by atoms with Crippen LogP contribution in [0.25, 0.3) is 0 Å². The second-order valence-electron chi connectivity index (χ2n) is 4.96. The first kappa shape index (κ1) is 15.1. The van der Waals surface area contributed by atoms with Crippen molar-refractivity contribution in [1.29, 1.82) is 0 Å². The average Bonchev–Trinajstić information content (AvgIpc) is 2.46. The van der Waals surface area contributed by atoms with Crippen molar-refractivity contribution in [3.63, 3.8) is 0 Å². The van der Waals surface area contributed by atoms with Crippen LogP contribution in [0.5, 0.6) is 5.75 Å². The van der Waals surface area contributed by atoms with E-state index in [9.17, 15) is 9.90 Å². The Kier molecular flexibility index (Phi) is 4.89. The van der Waals surface area contributed by atoms with E-state index in [4.69, 9.17) is 16.3 Å². The number of hydrogen-bond donors (Lipinski definition) is 2. The molecular formula is C15H20ClNO3. The van der Waals surface area contributed by atoms with Crippen LogP contribution in [0.3, 0.4) is 0 Å². The lowest BCUT2D eigenvalue weighted by molar-refractivity contribution is -0.121. The highest BCUT2D eigenvalue weighted by atomic mass is 35.5. The topological polar surface area (TPSA) is 58.6 Å². The fourth-order valence-corrected chi connectivity index (χ4v) is 2.65. The Morgan fingerprint density at radius 3 is 2.95 bits per heavy atom. The van der Waals surface area contributed by atoms with Crippen LogP contribution in [0, 0.1) is 0 Å². The number of fused-ring (bicyclic) bond motifs is 1. The van der Waals surface area contributed by atoms with Crippen LogP contribution in [0.2, 0.25) is 5.02 Å². The van der Waals surface area contributed by atoms with Gasteiger partial charge in [-0.3, -0.25) is 4.79 Å². The van der Waals surface area contributed by atoms with Crippen molar-refractivity contribution < 1.29 is 14.6 Å². The van der Waals surface area contributed by atoms with Crippen molar-refractivity contribution in [3.05, 3.63) is 28.3 Å². The third-order valence-electron chi connectivity index (χ3n) is 3.55. The molecule has 0 bridgehead atoms. The summed E-state index contributed by atoms with van der Waals surface area (Å²) in [6.45, 7) is 4.25. The summed E-state index contributed by atoms with van der Waals surface area (Å²) in [7, 11) is 0. The maximum atomic E-state index is 11.6. The number of halogens is 1. The molecule has 1 aromatic rings. The molecule has 0 spiro atoms. The predicted octanol–water partition coefficient (Wildman–Crippen LogP) is 3.13. The van der Waals surface area contributed by atoms with E-state index in [-0.39, 0.29) is 11.9 Å². The fourth-order valence-electron chi connectivity index (χ4n) is 2.36. The lowest BCUT2D eigenvalue weighted by atomic mass is 9.95. The van der Waals surface area contributed by atoms with E-state index in [0.29, 0.717) is 36.6 Å². The van der Waals surface area contributed by atoms with Gasteiger partial charge in [0.05, 0.1) is 23.8 Å². The molecule has 2 unspecified atom stereocenters. The minimum Gasteiger partial charge on any atom is -0.492 e. The lowest BCUT2D eigenvalue weighted by Crippen LogP contribution is -2.31. The molecule has 0 fully saturated rings. The first-order valence-electron chi connectivity index (χ1n) is 7.00. The second kappa shape index (κ2) is 6.46. The smallest absolute Gasteiger partial charge is 0.220 e. The van der Waals surface area contributed by atoms with E-state index in [0.717, 1.165) is 11.1 Å². The highest BCUT2D eigenvalue weighted by molar-refractivity contribution is 6.32. The Labute approximate surface area is 124 Å². The summed E-state index contributed by atoms with van der Waals surface area (Å²) in [5.74, 6) is 0.617. The molecule has 1 amide bonds. The molecular weight excluding hydrogens is 278 g/mol. The number of ether oxygens (including phenoxy) is 1. The molecule has 4 nitrogen and oxygen atoms in total. The standard InChI is InChI=1S/C15H20ClNO3/c1-3-13(18)9-7-10-12(17-14(19)4-2)5-6-20-15(10)11(16)8-9/h7-8,12-13,18H,3-6H2,1-2H3,(H,17,19). The van der Waals surface area contributed by atoms with Gasteiger partial charge in [0.1, 0.15) is 5.75 Å². The van der Waals surface area contributed by atoms with Crippen LogP contribution in [-0.4, -0.2) is 17.6 Å². The number of amides is 1. The maximum absolute atomic E-state index is 11.6. The first-order chi connectivity index (χ1) is 9.56. The van der Waals surface area contributed by atoms with Crippen LogP contribution in [-0.2, 0) is 4.79 Å². The van der Waals surface area contributed by atoms with Crippen molar-refractivity contribution in [3.8, 4) is 5.75 Å². The van der Waals surface area contributed by atoms with Gasteiger partial charge in [0, 0.05) is 18.4 Å². The number of benzene rings is 1. The maximum Gasteiger partial charge on any atom is 0.220 e. The summed E-state index contributed by atoms with van der Waals surface area (Å²) >= 11 is 6.24. The molecule has 1 aromatic carbocycles. The van der Waals surface area contributed by atoms with Crippen molar-refractivity contribution in [2.75, 3.05) is 6.61 Å². The molecule has 1 aliphatic rings. The minimum absolute atomic E-state index is 0.000385. The van der Waals surface area contributed by atoms with Gasteiger partial charge in [-0.25, -0.2) is 0 Å². The number of carbonyl (C=O) groups is 1. The van der Waals surface area contributed by atoms with Gasteiger partial charge in [0.25, 0.3) is 0 Å². The van der Waals surface area contributed by atoms with Crippen LogP contribution in [0.4, 0.5) is 0 Å². The Balaban J connectivity index is 2.37. The summed E-state index contributed by atoms with van der Waals surface area (Å²) < 4.78 is 5.60. The highest BCUT2D eigenvalue weighted by Crippen LogP contribution is 2.40. The highest BCUT2D eigenvalue weighted by Gasteiger charge is 2.26. The van der Waals surface area contributed by atoms with Gasteiger partial charge < -0.3 is 15.2 Å². The number of rotatable bonds is 4. The van der Waals surface area contributed by atoms with Gasteiger partial charge in [0.15, 0.2) is 0 Å². The molecule has 20 heavy (non-hydrogen) atoms. The van der Waals surface area contributed by atoms with Gasteiger partial charge in [-0.1, -0.05) is 25.4 Å². The van der Waals surface area contributed by atoms with Crippen LogP contribution in [0.15, 0.2) is 12.1 Å². The summed E-state index contributed by atoms with van der Waals surface area (Å²) in [4.78, 5) is 11.6. The molecule has 2 N–H and O–H groups in total. The van der Waals surface area contributed by atoms with E-state index in [1.807, 2.05) is 19.9 Å². The Bertz CT molecular complexity index is 504. The summed E-state index contributed by atoms with van der Waals surface area (Å²) in [6.07, 6.45) is 1.21. The van der Waals surface area contributed by atoms with Gasteiger partial charge >= 0.3 is 0 Å². The van der Waals surface area contributed by atoms with E-state index < -0.39 is 6.10 Å². The average molecular weight is 298 g/mol. The molecule has 0 saturated heterocycles. The molecule has 0 aromatic heterocycles. The van der Waals surface area contributed by atoms with E-state index in [2.05, 4.69) is 5.32 Å². The Hall–Kier alpha value is -1.26. The van der Waals surface area contributed by atoms with Crippen molar-refractivity contribution >= 4 is 17.5 Å². The van der Waals surface area contributed by atoms with Gasteiger partial charge in [-0.05, 0) is 24.1 Å². The molecule has 0 saturated carbocycles. The Morgan fingerprint density at radius 2 is 2.30 bits per heavy atom. The number of aliphatic hydroxyl groups excluding tert-OH is 1. The van der Waals surface area contributed by atoms with Gasteiger partial charge in [-0.15, -0.1) is 0 Å². The van der Waals surface area contributed by atoms with E-state index in [1.54, 1.807) is 6.07 Å². The molecule has 5 heteroatoms. The zero-order valence-corrected chi connectivity index (χ0v) is 12.5. The quantitative estimate of drug-likeness (QED) is 0.897. The largest absolute Gasteiger partial charge is 0.492 e. The van der Waals surface area contributed by atoms with Crippen LogP contribution in [0.1, 0.15) is 56.4 Å². The van der Waals surface area contributed by atoms with E-state index in [1.165, 1.54) is 0 Å². The summed E-state index contributed by atoms with van der Waals surface area (Å²) in [5.41, 5.74) is 1.62. The normalized spacial score (nSPS) is 18.9. The van der Waals surface area contributed by atoms with Crippen molar-refractivity contribution in [2.24, 2.45) is 0 Å². The molecule has 110 valence electrons. The molecule has 1 heterocycles. The molecule has 2 rings (SSSR count). The third kappa shape index (κ3) is 3.07.